The standard InChI is InChI=1S/C29H31NO2/c1-2-24-12-9-10-17-28(24)32-23-11-20-30-21-18-27(19-22-30)29(31,25-13-5-3-6-14-25)26-15-7-4-8-16-26/h1,3-10,12-17,27,31H,11,18-23H2. The van der Waals surface area contributed by atoms with Crippen LogP contribution in [0.2, 0.25) is 0 Å². The molecular weight excluding hydrogens is 394 g/mol. The molecule has 0 bridgehead atoms. The molecule has 1 N–H and O–H groups in total. The largest absolute Gasteiger partial charge is 0.492 e. The van der Waals surface area contributed by atoms with Gasteiger partial charge in [0, 0.05) is 6.54 Å². The first kappa shape index (κ1) is 22.1. The third-order valence-corrected chi connectivity index (χ3v) is 6.52. The van der Waals surface area contributed by atoms with Crippen molar-refractivity contribution in [2.75, 3.05) is 26.2 Å². The van der Waals surface area contributed by atoms with Gasteiger partial charge in [-0.2, -0.15) is 0 Å². The molecule has 3 nitrogen and oxygen atoms in total. The minimum absolute atomic E-state index is 0.183. The van der Waals surface area contributed by atoms with Gasteiger partial charge in [-0.1, -0.05) is 78.7 Å². The summed E-state index contributed by atoms with van der Waals surface area (Å²) in [5, 5.41) is 12.0. The van der Waals surface area contributed by atoms with Crippen molar-refractivity contribution in [1.82, 2.24) is 4.90 Å². The first-order valence-electron chi connectivity index (χ1n) is 11.5. The van der Waals surface area contributed by atoms with Crippen LogP contribution < -0.4 is 4.74 Å². The third kappa shape index (κ3) is 4.88. The normalized spacial score (nSPS) is 15.2. The second-order valence-corrected chi connectivity index (χ2v) is 8.46. The molecule has 3 heteroatoms. The smallest absolute Gasteiger partial charge is 0.134 e. The zero-order valence-electron chi connectivity index (χ0n) is 18.5. The van der Waals surface area contributed by atoms with Crippen LogP contribution in [0.4, 0.5) is 0 Å². The molecule has 0 unspecified atom stereocenters. The SMILES string of the molecule is C#Cc1ccccc1OCCCN1CCC(C(O)(c2ccccc2)c2ccccc2)CC1. The number of piperidine rings is 1. The van der Waals surface area contributed by atoms with Crippen LogP contribution in [0, 0.1) is 18.3 Å². The highest BCUT2D eigenvalue weighted by molar-refractivity contribution is 5.44. The number of hydrogen-bond acceptors (Lipinski definition) is 3. The zero-order chi connectivity index (χ0) is 22.2. The molecule has 0 saturated carbocycles. The molecule has 1 aliphatic rings. The van der Waals surface area contributed by atoms with Gasteiger partial charge in [0.05, 0.1) is 12.2 Å². The topological polar surface area (TPSA) is 32.7 Å². The number of ether oxygens (including phenoxy) is 1. The Kier molecular flexibility index (Phi) is 7.27. The first-order valence-corrected chi connectivity index (χ1v) is 11.5. The summed E-state index contributed by atoms with van der Waals surface area (Å²) in [5.74, 6) is 3.64. The summed E-state index contributed by atoms with van der Waals surface area (Å²) in [6.07, 6.45) is 8.41. The van der Waals surface area contributed by atoms with E-state index in [1.807, 2.05) is 84.9 Å². The molecule has 1 fully saturated rings. The van der Waals surface area contributed by atoms with Crippen molar-refractivity contribution in [3.05, 3.63) is 102 Å². The van der Waals surface area contributed by atoms with Crippen molar-refractivity contribution in [2.45, 2.75) is 24.9 Å². The van der Waals surface area contributed by atoms with Gasteiger partial charge in [-0.3, -0.25) is 0 Å². The molecule has 1 aliphatic heterocycles. The number of benzene rings is 3. The lowest BCUT2D eigenvalue weighted by atomic mass is 9.72. The molecule has 0 aromatic heterocycles. The van der Waals surface area contributed by atoms with Crippen molar-refractivity contribution in [3.63, 3.8) is 0 Å². The molecule has 0 amide bonds. The van der Waals surface area contributed by atoms with E-state index < -0.39 is 5.60 Å². The highest BCUT2D eigenvalue weighted by Crippen LogP contribution is 2.41. The van der Waals surface area contributed by atoms with Crippen molar-refractivity contribution >= 4 is 0 Å². The summed E-state index contributed by atoms with van der Waals surface area (Å²) in [4.78, 5) is 2.48. The van der Waals surface area contributed by atoms with Gasteiger partial charge in [0.25, 0.3) is 0 Å². The monoisotopic (exact) mass is 425 g/mol. The Morgan fingerprint density at radius 1 is 0.875 bits per heavy atom. The molecule has 1 saturated heterocycles. The number of terminal acetylenes is 1. The van der Waals surface area contributed by atoms with E-state index in [-0.39, 0.29) is 5.92 Å². The molecule has 0 radical (unpaired) electrons. The van der Waals surface area contributed by atoms with Gasteiger partial charge in [0.1, 0.15) is 11.4 Å². The highest BCUT2D eigenvalue weighted by atomic mass is 16.5. The van der Waals surface area contributed by atoms with E-state index in [1.54, 1.807) is 0 Å². The molecular formula is C29H31NO2. The average molecular weight is 426 g/mol. The lowest BCUT2D eigenvalue weighted by molar-refractivity contribution is -0.0146. The minimum atomic E-state index is -0.962. The highest BCUT2D eigenvalue weighted by Gasteiger charge is 2.41. The Bertz CT molecular complexity index is 978. The fourth-order valence-corrected chi connectivity index (χ4v) is 4.78. The number of rotatable bonds is 8. The summed E-state index contributed by atoms with van der Waals surface area (Å²) < 4.78 is 5.90. The number of likely N-dealkylation sites (tertiary alicyclic amines) is 1. The van der Waals surface area contributed by atoms with Crippen LogP contribution >= 0.6 is 0 Å². The van der Waals surface area contributed by atoms with Crippen molar-refractivity contribution < 1.29 is 9.84 Å². The van der Waals surface area contributed by atoms with Gasteiger partial charge in [-0.05, 0) is 61.5 Å². The number of aliphatic hydroxyl groups is 1. The Morgan fingerprint density at radius 2 is 1.44 bits per heavy atom. The van der Waals surface area contributed by atoms with E-state index in [4.69, 9.17) is 11.2 Å². The first-order chi connectivity index (χ1) is 15.7. The minimum Gasteiger partial charge on any atom is -0.492 e. The van der Waals surface area contributed by atoms with Crippen LogP contribution in [-0.2, 0) is 5.60 Å². The average Bonchev–Trinajstić information content (AvgIpc) is 2.88. The molecule has 0 spiro atoms. The van der Waals surface area contributed by atoms with Crippen LogP contribution in [-0.4, -0.2) is 36.2 Å². The van der Waals surface area contributed by atoms with E-state index in [1.165, 1.54) is 0 Å². The van der Waals surface area contributed by atoms with Gasteiger partial charge in [-0.25, -0.2) is 0 Å². The Morgan fingerprint density at radius 3 is 2.03 bits per heavy atom. The van der Waals surface area contributed by atoms with Gasteiger partial charge in [0.2, 0.25) is 0 Å². The second kappa shape index (κ2) is 10.5. The van der Waals surface area contributed by atoms with E-state index in [0.717, 1.165) is 61.3 Å². The maximum Gasteiger partial charge on any atom is 0.134 e. The quantitative estimate of drug-likeness (QED) is 0.403. The lowest BCUT2D eigenvalue weighted by Gasteiger charge is -2.42. The molecule has 1 heterocycles. The Balaban J connectivity index is 1.34. The molecule has 4 rings (SSSR count). The number of nitrogens with zero attached hydrogens (tertiary/aromatic N) is 1. The van der Waals surface area contributed by atoms with E-state index >= 15 is 0 Å². The fourth-order valence-electron chi connectivity index (χ4n) is 4.78. The summed E-state index contributed by atoms with van der Waals surface area (Å²) in [5.41, 5.74) is 1.79. The summed E-state index contributed by atoms with van der Waals surface area (Å²) in [6.45, 7) is 3.60. The van der Waals surface area contributed by atoms with Crippen molar-refractivity contribution in [1.29, 1.82) is 0 Å². The maximum atomic E-state index is 12.0. The van der Waals surface area contributed by atoms with E-state index in [2.05, 4.69) is 10.8 Å². The van der Waals surface area contributed by atoms with Crippen molar-refractivity contribution in [3.8, 4) is 18.1 Å². The van der Waals surface area contributed by atoms with Gasteiger partial charge < -0.3 is 14.7 Å². The van der Waals surface area contributed by atoms with Crippen LogP contribution in [0.5, 0.6) is 5.75 Å². The molecule has 3 aromatic rings. The van der Waals surface area contributed by atoms with E-state index in [0.29, 0.717) is 6.61 Å². The predicted molar refractivity (Wildman–Crippen MR) is 130 cm³/mol. The summed E-state index contributed by atoms with van der Waals surface area (Å²) in [7, 11) is 0. The van der Waals surface area contributed by atoms with Gasteiger partial charge >= 0.3 is 0 Å². The van der Waals surface area contributed by atoms with Gasteiger partial charge in [0.15, 0.2) is 0 Å². The number of hydrogen-bond donors (Lipinski definition) is 1. The summed E-state index contributed by atoms with van der Waals surface area (Å²) >= 11 is 0. The van der Waals surface area contributed by atoms with Crippen LogP contribution in [0.1, 0.15) is 36.0 Å². The molecule has 164 valence electrons. The fraction of sp³-hybridized carbons (Fsp3) is 0.310. The molecule has 32 heavy (non-hydrogen) atoms. The zero-order valence-corrected chi connectivity index (χ0v) is 18.5. The van der Waals surface area contributed by atoms with Crippen molar-refractivity contribution in [2.24, 2.45) is 5.92 Å². The maximum absolute atomic E-state index is 12.0. The molecule has 3 aromatic carbocycles. The Labute approximate surface area is 191 Å². The second-order valence-electron chi connectivity index (χ2n) is 8.46. The van der Waals surface area contributed by atoms with Crippen LogP contribution in [0.25, 0.3) is 0 Å². The molecule has 0 aliphatic carbocycles. The van der Waals surface area contributed by atoms with Crippen LogP contribution in [0.15, 0.2) is 84.9 Å². The van der Waals surface area contributed by atoms with E-state index in [9.17, 15) is 5.11 Å². The predicted octanol–water partition coefficient (Wildman–Crippen LogP) is 5.08. The summed E-state index contributed by atoms with van der Waals surface area (Å²) in [6, 6.07) is 27.9. The lowest BCUT2D eigenvalue weighted by Crippen LogP contribution is -2.44. The van der Waals surface area contributed by atoms with Crippen LogP contribution in [0.3, 0.4) is 0 Å². The molecule has 0 atom stereocenters. The Hall–Kier alpha value is -3.06. The number of para-hydroxylation sites is 1. The van der Waals surface area contributed by atoms with Gasteiger partial charge in [-0.15, -0.1) is 6.42 Å². The third-order valence-electron chi connectivity index (χ3n) is 6.52.